The third-order valence-corrected chi connectivity index (χ3v) is 17.0. The minimum Gasteiger partial charge on any atom is -0.497 e. The number of nitro benzene ring substituents is 2. The van der Waals surface area contributed by atoms with Crippen molar-refractivity contribution in [3.63, 3.8) is 0 Å². The van der Waals surface area contributed by atoms with Crippen LogP contribution in [0.4, 0.5) is 53.5 Å². The molecule has 1 fully saturated rings. The SMILES string of the molecule is CNc1ccnc(Cl)n1.CNc1ccnc(Nc2ccc(OC)c(-c3cc4[nH]ccc4cn3)c2)n1.COc1ccc(N)cc1-c1cc2[nH]ccc2cn1.COc1ccc([N+](=O)[O-])cc1-c1cc2[nH]ccc2cn1.COc1ccc([N+](=O)[O-])cc1B1OC(C)(C)C(C)(C)O1.Clc1cc2[nH]ccc2cn1.O=C(O)C(F)(F)F.[CH3-].[HH].[Pd]. The molecule has 37 heteroatoms. The Morgan fingerprint density at radius 2 is 0.946 bits per heavy atom. The molecule has 0 atom stereocenters. The number of nitrogens with one attached hydrogen (secondary N) is 7. The number of nitrogens with two attached hydrogens (primary N) is 1. The Kier molecular flexibility index (Phi) is 30.4. The number of nitrogens with zero attached hydrogens (tertiary/aromatic N) is 10. The smallest absolute Gasteiger partial charge is 0.497 e. The van der Waals surface area contributed by atoms with Crippen molar-refractivity contribution in [3.8, 4) is 56.8 Å². The molecule has 0 amide bonds. The second-order valence-corrected chi connectivity index (χ2v) is 24.9. The van der Waals surface area contributed by atoms with Gasteiger partial charge >= 0.3 is 19.3 Å². The Bertz CT molecular complexity index is 5520. The van der Waals surface area contributed by atoms with Crippen LogP contribution in [0.25, 0.3) is 77.4 Å². The number of benzene rings is 4. The number of hydrogen-bond acceptors (Lipinski definition) is 23. The number of fused-ring (bicyclic) bond motifs is 4. The van der Waals surface area contributed by atoms with Gasteiger partial charge in [0, 0.05) is 199 Å². The van der Waals surface area contributed by atoms with Crippen molar-refractivity contribution in [1.82, 2.24) is 59.8 Å². The topological polar surface area (TPSA) is 407 Å². The van der Waals surface area contributed by atoms with Gasteiger partial charge in [-0.15, -0.1) is 0 Å². The fraction of sp³-hybridized carbons (Fsp3) is 0.173. The fourth-order valence-corrected chi connectivity index (χ4v) is 10.6. The van der Waals surface area contributed by atoms with Gasteiger partial charge in [-0.1, -0.05) is 11.6 Å². The molecule has 1 aliphatic rings. The molecule has 4 aromatic carbocycles. The molecule has 1 aliphatic heterocycles. The van der Waals surface area contributed by atoms with E-state index in [1.165, 1.54) is 38.5 Å². The summed E-state index contributed by atoms with van der Waals surface area (Å²) < 4.78 is 64.9. The number of halogens is 5. The standard InChI is InChI=1S/C19H18N6O.C14H11N3O3.C14H13N3O.C13H18BNO5.C7H5ClN2.C5H6ClN3.C2HF3O2.CH3.Pd.H2/c1-20-18-6-8-22-19(25-18)24-13-3-4-17(26-2)14(9-13)16-10-15-12(11-23-16)5-7-21-15;1-20-14-3-2-10(17(18)19)6-11(14)13-7-12-9(8-16-13)4-5-15-12;1-18-14-3-2-10(15)6-11(14)13-7-12-9(8-17-13)4-5-16-12;1-12(2)13(3,4)20-14(19-12)10-8-9(15(16)17)6-7-11(10)18-5;8-7-3-6-5(4-10-7)1-2-9-6;1-7-4-2-3-8-5(6)9-4;3-2(4,5)1(6)7;;;/h3-11,21H,1-2H3,(H2,20,22,24,25);2-8,15H,1H3;2-8,16H,15H2,1H3;6-8H,1-5H3;1-4,9H;2-3H,1H3,(H,7,8,9);(H,6,7);1H3;;1H/q;;;;;;;-1;;. The van der Waals surface area contributed by atoms with Crippen LogP contribution < -0.4 is 46.1 Å². The number of carbonyl (C=O) groups is 1. The van der Waals surface area contributed by atoms with Crippen LogP contribution in [-0.2, 0) is 34.5 Å². The molecule has 588 valence electrons. The quantitative estimate of drug-likeness (QED) is 0.00928. The van der Waals surface area contributed by atoms with E-state index in [1.54, 1.807) is 76.4 Å². The van der Waals surface area contributed by atoms with Crippen LogP contribution in [0, 0.1) is 27.7 Å². The number of rotatable bonds is 14. The van der Waals surface area contributed by atoms with Gasteiger partial charge in [0.2, 0.25) is 11.2 Å². The number of nitrogen functional groups attached to an aromatic ring is 1. The van der Waals surface area contributed by atoms with Crippen molar-refractivity contribution in [3.05, 3.63) is 234 Å². The van der Waals surface area contributed by atoms with Gasteiger partial charge < -0.3 is 82.4 Å². The molecule has 0 radical (unpaired) electrons. The number of aromatic nitrogens is 12. The molecule has 15 rings (SSSR count). The molecule has 0 aliphatic carbocycles. The maximum Gasteiger partial charge on any atom is 0.498 e. The summed E-state index contributed by atoms with van der Waals surface area (Å²) in [4.78, 5) is 75.7. The number of aromatic amines is 4. The molecule has 10 N–H and O–H groups in total. The van der Waals surface area contributed by atoms with Gasteiger partial charge in [0.05, 0.1) is 66.6 Å². The Labute approximate surface area is 664 Å². The first-order valence-corrected chi connectivity index (χ1v) is 33.6. The summed E-state index contributed by atoms with van der Waals surface area (Å²) in [7, 11) is 9.24. The molecule has 0 unspecified atom stereocenters. The maximum atomic E-state index is 10.9. The number of ether oxygens (including phenoxy) is 4. The zero-order valence-corrected chi connectivity index (χ0v) is 64.8. The van der Waals surface area contributed by atoms with Crippen molar-refractivity contribution in [2.45, 2.75) is 45.1 Å². The minimum atomic E-state index is -5.08. The van der Waals surface area contributed by atoms with Gasteiger partial charge in [0.1, 0.15) is 39.8 Å². The molecule has 10 aromatic heterocycles. The van der Waals surface area contributed by atoms with Gasteiger partial charge in [-0.05, 0) is 148 Å². The number of H-pyrrole nitrogens is 4. The van der Waals surface area contributed by atoms with Crippen LogP contribution in [0.3, 0.4) is 0 Å². The molecule has 0 bridgehead atoms. The normalized spacial score (nSPS) is 12.0. The van der Waals surface area contributed by atoms with Gasteiger partial charge in [-0.3, -0.25) is 35.2 Å². The number of pyridine rings is 4. The van der Waals surface area contributed by atoms with E-state index in [2.05, 4.69) is 75.8 Å². The number of methoxy groups -OCH3 is 4. The summed E-state index contributed by atoms with van der Waals surface area (Å²) in [6.07, 6.45) is 12.8. The minimum absolute atomic E-state index is 0. The first-order valence-electron chi connectivity index (χ1n) is 32.8. The summed E-state index contributed by atoms with van der Waals surface area (Å²) in [5, 5.41) is 43.0. The number of aliphatic carboxylic acids is 1. The van der Waals surface area contributed by atoms with Crippen LogP contribution in [0.1, 0.15) is 29.1 Å². The largest absolute Gasteiger partial charge is 0.498 e. The monoisotopic (exact) mass is 1670 g/mol. The Balaban J connectivity index is 0.000000212. The van der Waals surface area contributed by atoms with Crippen molar-refractivity contribution in [1.29, 1.82) is 0 Å². The van der Waals surface area contributed by atoms with Crippen LogP contribution in [0.15, 0.2) is 195 Å². The maximum absolute atomic E-state index is 10.9. The Hall–Kier alpha value is -12.5. The van der Waals surface area contributed by atoms with Crippen molar-refractivity contribution in [2.24, 2.45) is 0 Å². The Morgan fingerprint density at radius 3 is 1.38 bits per heavy atom. The molecule has 112 heavy (non-hydrogen) atoms. The summed E-state index contributed by atoms with van der Waals surface area (Å²) in [6.45, 7) is 7.71. The zero-order valence-electron chi connectivity index (χ0n) is 61.7. The zero-order chi connectivity index (χ0) is 79.5. The van der Waals surface area contributed by atoms with E-state index in [4.69, 9.17) is 67.1 Å². The van der Waals surface area contributed by atoms with Crippen LogP contribution >= 0.6 is 23.2 Å². The van der Waals surface area contributed by atoms with E-state index in [0.717, 1.165) is 94.9 Å². The van der Waals surface area contributed by atoms with Crippen molar-refractivity contribution < 1.29 is 83.0 Å². The number of alkyl halides is 3. The van der Waals surface area contributed by atoms with Crippen LogP contribution in [0.5, 0.6) is 23.0 Å². The van der Waals surface area contributed by atoms with E-state index in [-0.39, 0.29) is 45.9 Å². The number of non-ortho nitro benzene ring substituents is 2. The summed E-state index contributed by atoms with van der Waals surface area (Å²) >= 11 is 11.1. The molecule has 0 spiro atoms. The molecule has 1 saturated heterocycles. The van der Waals surface area contributed by atoms with Crippen LogP contribution in [0.2, 0.25) is 10.4 Å². The summed E-state index contributed by atoms with van der Waals surface area (Å²) in [6, 6.07) is 39.2. The van der Waals surface area contributed by atoms with Gasteiger partial charge in [-0.2, -0.15) is 18.2 Å². The Morgan fingerprint density at radius 1 is 0.554 bits per heavy atom. The fourth-order valence-electron chi connectivity index (χ4n) is 10.3. The summed E-state index contributed by atoms with van der Waals surface area (Å²) in [5.41, 5.74) is 15.6. The van der Waals surface area contributed by atoms with Crippen molar-refractivity contribution in [2.75, 3.05) is 64.2 Å². The number of anilines is 5. The average Bonchev–Trinajstić information content (AvgIpc) is 1.62. The average molecular weight is 1670 g/mol. The van der Waals surface area contributed by atoms with E-state index in [0.29, 0.717) is 45.0 Å². The van der Waals surface area contributed by atoms with Crippen LogP contribution in [-0.4, -0.2) is 148 Å². The second-order valence-electron chi connectivity index (χ2n) is 24.2. The molecule has 11 heterocycles. The first-order chi connectivity index (χ1) is 52.5. The van der Waals surface area contributed by atoms with E-state index in [9.17, 15) is 33.4 Å². The molecule has 30 nitrogen and oxygen atoms in total. The molecular weight excluding hydrogens is 1590 g/mol. The predicted molar refractivity (Wildman–Crippen MR) is 425 cm³/mol. The van der Waals surface area contributed by atoms with E-state index < -0.39 is 40.3 Å². The summed E-state index contributed by atoms with van der Waals surface area (Å²) in [5.74, 6) is 1.81. The van der Waals surface area contributed by atoms with Gasteiger partial charge in [0.15, 0.2) is 0 Å². The number of carboxylic acid groups (broad SMARTS) is 1. The number of nitro groups is 2. The predicted octanol–water partition coefficient (Wildman–Crippen LogP) is 16.4. The first kappa shape index (κ1) is 86.7. The number of carboxylic acids is 1. The van der Waals surface area contributed by atoms with Gasteiger partial charge in [0.25, 0.3) is 11.4 Å². The third-order valence-electron chi connectivity index (χ3n) is 16.6. The van der Waals surface area contributed by atoms with E-state index in [1.807, 2.05) is 151 Å². The third kappa shape index (κ3) is 22.6. The molecular formula is C75H77BCl2F3N18O12Pd-. The van der Waals surface area contributed by atoms with Crippen molar-refractivity contribution >= 4 is 126 Å². The number of hydrogen-bond donors (Lipinski definition) is 9. The molecule has 14 aromatic rings. The molecule has 0 saturated carbocycles. The van der Waals surface area contributed by atoms with E-state index >= 15 is 0 Å². The van der Waals surface area contributed by atoms with Gasteiger partial charge in [-0.25, -0.2) is 24.7 Å². The second kappa shape index (κ2) is 39.2.